The Morgan fingerprint density at radius 2 is 1.85 bits per heavy atom. The predicted molar refractivity (Wildman–Crippen MR) is 93.2 cm³/mol. The Bertz CT molecular complexity index is 834. The van der Waals surface area contributed by atoms with E-state index < -0.39 is 29.6 Å². The van der Waals surface area contributed by atoms with Crippen LogP contribution in [0, 0.1) is 18.6 Å². The molecule has 0 unspecified atom stereocenters. The highest BCUT2D eigenvalue weighted by molar-refractivity contribution is 7.14. The molecule has 8 heteroatoms. The van der Waals surface area contributed by atoms with E-state index in [4.69, 9.17) is 4.74 Å². The Labute approximate surface area is 153 Å². The average Bonchev–Trinajstić information content (AvgIpc) is 3.02. The molecule has 0 saturated carbocycles. The van der Waals surface area contributed by atoms with Crippen LogP contribution in [-0.2, 0) is 14.3 Å². The van der Waals surface area contributed by atoms with Gasteiger partial charge in [-0.1, -0.05) is 0 Å². The van der Waals surface area contributed by atoms with Crippen LogP contribution in [0.1, 0.15) is 34.3 Å². The molecule has 0 aliphatic carbocycles. The maximum absolute atomic E-state index is 13.1. The Morgan fingerprint density at radius 1 is 1.12 bits per heavy atom. The molecule has 0 fully saturated rings. The van der Waals surface area contributed by atoms with Crippen LogP contribution in [0.4, 0.5) is 14.5 Å². The summed E-state index contributed by atoms with van der Waals surface area (Å²) in [6, 6.07) is 6.40. The molecule has 0 bridgehead atoms. The monoisotopic (exact) mass is 381 g/mol. The van der Waals surface area contributed by atoms with Gasteiger partial charge in [0.25, 0.3) is 5.91 Å². The minimum Gasteiger partial charge on any atom is -0.453 e. The Hall–Kier alpha value is -2.61. The van der Waals surface area contributed by atoms with Gasteiger partial charge in [-0.05, 0) is 38.1 Å². The molecule has 1 atom stereocenters. The number of aryl methyl sites for hydroxylation is 1. The molecule has 26 heavy (non-hydrogen) atoms. The number of ether oxygens (including phenoxy) is 1. The lowest BCUT2D eigenvalue weighted by Crippen LogP contribution is -2.30. The molecular formula is C18H17F2NO4S. The van der Waals surface area contributed by atoms with Gasteiger partial charge in [0.1, 0.15) is 0 Å². The summed E-state index contributed by atoms with van der Waals surface area (Å²) in [6.45, 7) is 3.22. The van der Waals surface area contributed by atoms with E-state index in [1.54, 1.807) is 6.07 Å². The number of ketones is 1. The molecule has 1 heterocycles. The third-order valence-electron chi connectivity index (χ3n) is 3.44. The number of nitrogens with one attached hydrogen (secondary N) is 1. The van der Waals surface area contributed by atoms with Gasteiger partial charge in [-0.25, -0.2) is 8.78 Å². The first-order chi connectivity index (χ1) is 12.3. The zero-order chi connectivity index (χ0) is 19.3. The van der Waals surface area contributed by atoms with E-state index in [1.165, 1.54) is 24.3 Å². The normalized spacial score (nSPS) is 11.7. The molecule has 2 rings (SSSR count). The molecular weight excluding hydrogens is 364 g/mol. The van der Waals surface area contributed by atoms with Gasteiger partial charge >= 0.3 is 5.97 Å². The lowest BCUT2D eigenvalue weighted by atomic mass is 10.2. The van der Waals surface area contributed by atoms with Gasteiger partial charge in [-0.2, -0.15) is 0 Å². The Morgan fingerprint density at radius 3 is 2.46 bits per heavy atom. The maximum Gasteiger partial charge on any atom is 0.307 e. The van der Waals surface area contributed by atoms with Crippen molar-refractivity contribution in [1.29, 1.82) is 0 Å². The number of rotatable bonds is 7. The van der Waals surface area contributed by atoms with Crippen LogP contribution in [0.15, 0.2) is 30.3 Å². The Kier molecular flexibility index (Phi) is 6.57. The predicted octanol–water partition coefficient (Wildman–Crippen LogP) is 3.87. The van der Waals surface area contributed by atoms with Crippen molar-refractivity contribution >= 4 is 34.7 Å². The van der Waals surface area contributed by atoms with Crippen LogP contribution in [-0.4, -0.2) is 23.8 Å². The smallest absolute Gasteiger partial charge is 0.307 e. The first kappa shape index (κ1) is 19.7. The van der Waals surface area contributed by atoms with Gasteiger partial charge in [0.15, 0.2) is 23.5 Å². The van der Waals surface area contributed by atoms with Gasteiger partial charge < -0.3 is 10.1 Å². The van der Waals surface area contributed by atoms with Crippen molar-refractivity contribution in [3.63, 3.8) is 0 Å². The second-order valence-electron chi connectivity index (χ2n) is 5.58. The van der Waals surface area contributed by atoms with Crippen molar-refractivity contribution < 1.29 is 27.9 Å². The first-order valence-electron chi connectivity index (χ1n) is 7.81. The van der Waals surface area contributed by atoms with Gasteiger partial charge in [0, 0.05) is 23.1 Å². The van der Waals surface area contributed by atoms with Crippen molar-refractivity contribution in [2.24, 2.45) is 0 Å². The van der Waals surface area contributed by atoms with Crippen LogP contribution in [0.25, 0.3) is 0 Å². The van der Waals surface area contributed by atoms with E-state index >= 15 is 0 Å². The summed E-state index contributed by atoms with van der Waals surface area (Å²) in [7, 11) is 0. The molecule has 0 saturated heterocycles. The lowest BCUT2D eigenvalue weighted by molar-refractivity contribution is -0.153. The number of halogens is 2. The van der Waals surface area contributed by atoms with E-state index in [2.05, 4.69) is 5.32 Å². The number of carbonyl (C=O) groups excluding carboxylic acids is 3. The fourth-order valence-electron chi connectivity index (χ4n) is 2.05. The summed E-state index contributed by atoms with van der Waals surface area (Å²) >= 11 is 1.35. The number of hydrogen-bond acceptors (Lipinski definition) is 5. The van der Waals surface area contributed by atoms with E-state index in [0.29, 0.717) is 4.88 Å². The fourth-order valence-corrected chi connectivity index (χ4v) is 2.89. The molecule has 0 aliphatic heterocycles. The summed E-state index contributed by atoms with van der Waals surface area (Å²) in [5.41, 5.74) is 0.0417. The van der Waals surface area contributed by atoms with Crippen LogP contribution < -0.4 is 5.32 Å². The summed E-state index contributed by atoms with van der Waals surface area (Å²) in [4.78, 5) is 37.2. The first-order valence-corrected chi connectivity index (χ1v) is 8.63. The quantitative estimate of drug-likeness (QED) is 0.584. The van der Waals surface area contributed by atoms with Crippen LogP contribution in [0.3, 0.4) is 0 Å². The van der Waals surface area contributed by atoms with Gasteiger partial charge in [0.05, 0.1) is 11.3 Å². The largest absolute Gasteiger partial charge is 0.453 e. The minimum absolute atomic E-state index is 0.0176. The van der Waals surface area contributed by atoms with Gasteiger partial charge in [-0.15, -0.1) is 11.3 Å². The number of anilines is 1. The topological polar surface area (TPSA) is 72.5 Å². The second-order valence-corrected chi connectivity index (χ2v) is 6.87. The number of hydrogen-bond donors (Lipinski definition) is 1. The zero-order valence-electron chi connectivity index (χ0n) is 14.2. The molecule has 0 radical (unpaired) electrons. The lowest BCUT2D eigenvalue weighted by Gasteiger charge is -2.13. The number of Topliss-reactive ketones (excluding diaryl/α,β-unsaturated/α-hetero) is 1. The van der Waals surface area contributed by atoms with Gasteiger partial charge in [0.2, 0.25) is 0 Å². The van der Waals surface area contributed by atoms with Crippen molar-refractivity contribution in [3.8, 4) is 0 Å². The molecule has 1 N–H and O–H groups in total. The zero-order valence-corrected chi connectivity index (χ0v) is 15.0. The number of amides is 1. The van der Waals surface area contributed by atoms with E-state index in [1.807, 2.05) is 13.0 Å². The highest BCUT2D eigenvalue weighted by atomic mass is 32.1. The molecule has 1 aromatic heterocycles. The third kappa shape index (κ3) is 5.45. The van der Waals surface area contributed by atoms with E-state index in [-0.39, 0.29) is 24.3 Å². The standard InChI is InChI=1S/C18H17F2NO4S/c1-10-3-7-16(26-10)15(22)6-8-17(23)25-11(2)18(24)21-12-4-5-13(19)14(20)9-12/h3-5,7,9,11H,6,8H2,1-2H3,(H,21,24)/t11-/m0/s1. The van der Waals surface area contributed by atoms with Crippen molar-refractivity contribution in [3.05, 3.63) is 51.7 Å². The number of benzene rings is 1. The van der Waals surface area contributed by atoms with Crippen LogP contribution in [0.2, 0.25) is 0 Å². The SMILES string of the molecule is Cc1ccc(C(=O)CCC(=O)O[C@@H](C)C(=O)Nc2ccc(F)c(F)c2)s1. The van der Waals surface area contributed by atoms with E-state index in [9.17, 15) is 23.2 Å². The molecule has 1 amide bonds. The summed E-state index contributed by atoms with van der Waals surface area (Å²) in [6.07, 6.45) is -1.32. The number of thiophene rings is 1. The molecule has 138 valence electrons. The number of esters is 1. The van der Waals surface area contributed by atoms with Gasteiger partial charge in [-0.3, -0.25) is 14.4 Å². The second kappa shape index (κ2) is 8.66. The summed E-state index contributed by atoms with van der Waals surface area (Å²) < 4.78 is 30.9. The molecule has 0 spiro atoms. The fraction of sp³-hybridized carbons (Fsp3) is 0.278. The summed E-state index contributed by atoms with van der Waals surface area (Å²) in [5.74, 6) is -3.69. The highest BCUT2D eigenvalue weighted by Gasteiger charge is 2.19. The Balaban J connectivity index is 1.81. The van der Waals surface area contributed by atoms with E-state index in [0.717, 1.165) is 17.0 Å². The van der Waals surface area contributed by atoms with Crippen LogP contribution >= 0.6 is 11.3 Å². The average molecular weight is 381 g/mol. The third-order valence-corrected chi connectivity index (χ3v) is 4.48. The molecule has 5 nitrogen and oxygen atoms in total. The minimum atomic E-state index is -1.14. The van der Waals surface area contributed by atoms with Crippen molar-refractivity contribution in [2.75, 3.05) is 5.32 Å². The molecule has 0 aliphatic rings. The summed E-state index contributed by atoms with van der Waals surface area (Å²) in [5, 5.41) is 2.32. The van der Waals surface area contributed by atoms with Crippen molar-refractivity contribution in [1.82, 2.24) is 0 Å². The number of carbonyl (C=O) groups is 3. The van der Waals surface area contributed by atoms with Crippen molar-refractivity contribution in [2.45, 2.75) is 32.8 Å². The molecule has 2 aromatic rings. The molecule has 1 aromatic carbocycles. The van der Waals surface area contributed by atoms with Crippen LogP contribution in [0.5, 0.6) is 0 Å². The maximum atomic E-state index is 13.1. The highest BCUT2D eigenvalue weighted by Crippen LogP contribution is 2.18.